The van der Waals surface area contributed by atoms with Crippen molar-refractivity contribution in [1.29, 1.82) is 0 Å². The maximum atomic E-state index is 5.83. The van der Waals surface area contributed by atoms with Gasteiger partial charge in [0.2, 0.25) is 0 Å². The van der Waals surface area contributed by atoms with Crippen molar-refractivity contribution in [2.24, 2.45) is 0 Å². The summed E-state index contributed by atoms with van der Waals surface area (Å²) in [5.74, 6) is 0.759. The number of H-pyrrole nitrogens is 1. The van der Waals surface area contributed by atoms with Gasteiger partial charge in [0.05, 0.1) is 17.4 Å². The molecule has 84 valence electrons. The van der Waals surface area contributed by atoms with Crippen molar-refractivity contribution in [3.63, 3.8) is 0 Å². The fourth-order valence-corrected chi connectivity index (χ4v) is 1.57. The number of nitrogen functional groups attached to an aromatic ring is 1. The third-order valence-corrected chi connectivity index (χ3v) is 2.46. The van der Waals surface area contributed by atoms with Gasteiger partial charge in [0.15, 0.2) is 0 Å². The molecule has 0 aliphatic heterocycles. The molecule has 6 heteroatoms. The largest absolute Gasteiger partial charge is 0.397 e. The number of anilines is 2. The Morgan fingerprint density at radius 1 is 1.50 bits per heavy atom. The number of nitrogens with zero attached hydrogens (tertiary/aromatic N) is 2. The lowest BCUT2D eigenvalue weighted by molar-refractivity contribution is 0.796. The number of halogens is 1. The Bertz CT molecular complexity index is 468. The van der Waals surface area contributed by atoms with Crippen molar-refractivity contribution >= 4 is 23.0 Å². The number of hydrogen-bond acceptors (Lipinski definition) is 4. The molecular weight excluding hydrogens is 226 g/mol. The van der Waals surface area contributed by atoms with Crippen molar-refractivity contribution in [1.82, 2.24) is 15.2 Å². The van der Waals surface area contributed by atoms with Crippen LogP contribution in [0.25, 0.3) is 0 Å². The zero-order valence-corrected chi connectivity index (χ0v) is 9.49. The highest BCUT2D eigenvalue weighted by Crippen LogP contribution is 2.25. The molecule has 0 aliphatic carbocycles. The zero-order chi connectivity index (χ0) is 11.5. The highest BCUT2D eigenvalue weighted by Gasteiger charge is 2.09. The van der Waals surface area contributed by atoms with Gasteiger partial charge in [-0.15, -0.1) is 0 Å². The van der Waals surface area contributed by atoms with E-state index >= 15 is 0 Å². The van der Waals surface area contributed by atoms with Crippen LogP contribution in [0.1, 0.15) is 18.8 Å². The van der Waals surface area contributed by atoms with E-state index in [1.165, 1.54) is 6.33 Å². The molecule has 2 aromatic rings. The van der Waals surface area contributed by atoms with Gasteiger partial charge in [-0.3, -0.25) is 5.10 Å². The second kappa shape index (κ2) is 4.40. The van der Waals surface area contributed by atoms with Crippen LogP contribution in [-0.4, -0.2) is 15.2 Å². The van der Waals surface area contributed by atoms with E-state index in [1.54, 1.807) is 12.1 Å². The Balaban J connectivity index is 2.15. The first-order valence-corrected chi connectivity index (χ1v) is 5.21. The van der Waals surface area contributed by atoms with Gasteiger partial charge in [-0.1, -0.05) is 11.6 Å². The van der Waals surface area contributed by atoms with Gasteiger partial charge >= 0.3 is 0 Å². The average molecular weight is 238 g/mol. The molecule has 0 bridgehead atoms. The van der Waals surface area contributed by atoms with Crippen molar-refractivity contribution in [2.45, 2.75) is 13.0 Å². The smallest absolute Gasteiger partial charge is 0.146 e. The third kappa shape index (κ3) is 2.25. The van der Waals surface area contributed by atoms with Crippen LogP contribution in [0.2, 0.25) is 5.02 Å². The van der Waals surface area contributed by atoms with Gasteiger partial charge in [-0.2, -0.15) is 5.10 Å². The topological polar surface area (TPSA) is 79.6 Å². The second-order valence-electron chi connectivity index (χ2n) is 3.47. The number of hydrogen-bond donors (Lipinski definition) is 3. The van der Waals surface area contributed by atoms with E-state index in [2.05, 4.69) is 20.5 Å². The minimum atomic E-state index is 0.00553. The number of aromatic amines is 1. The van der Waals surface area contributed by atoms with Crippen LogP contribution in [0.5, 0.6) is 0 Å². The van der Waals surface area contributed by atoms with E-state index < -0.39 is 0 Å². The van der Waals surface area contributed by atoms with Crippen molar-refractivity contribution in [2.75, 3.05) is 11.1 Å². The van der Waals surface area contributed by atoms with Crippen LogP contribution in [0.4, 0.5) is 11.4 Å². The minimum Gasteiger partial charge on any atom is -0.397 e. The van der Waals surface area contributed by atoms with Crippen molar-refractivity contribution < 1.29 is 0 Å². The van der Waals surface area contributed by atoms with Gasteiger partial charge in [0.25, 0.3) is 0 Å². The van der Waals surface area contributed by atoms with E-state index in [0.29, 0.717) is 10.7 Å². The Kier molecular flexibility index (Phi) is 2.96. The number of rotatable bonds is 3. The SMILES string of the molecule is CC(Nc1ccc(Cl)cc1N)c1ncn[nH]1. The second-order valence-corrected chi connectivity index (χ2v) is 3.90. The molecule has 0 radical (unpaired) electrons. The first-order chi connectivity index (χ1) is 7.66. The number of benzene rings is 1. The van der Waals surface area contributed by atoms with Gasteiger partial charge in [-0.05, 0) is 25.1 Å². The van der Waals surface area contributed by atoms with Crippen LogP contribution in [-0.2, 0) is 0 Å². The molecule has 1 aromatic carbocycles. The quantitative estimate of drug-likeness (QED) is 0.715. The lowest BCUT2D eigenvalue weighted by Gasteiger charge is -2.14. The lowest BCUT2D eigenvalue weighted by atomic mass is 10.2. The Morgan fingerprint density at radius 3 is 2.94 bits per heavy atom. The zero-order valence-electron chi connectivity index (χ0n) is 8.74. The van der Waals surface area contributed by atoms with E-state index in [9.17, 15) is 0 Å². The summed E-state index contributed by atoms with van der Waals surface area (Å²) in [4.78, 5) is 4.06. The molecule has 1 atom stereocenters. The molecule has 0 amide bonds. The van der Waals surface area contributed by atoms with E-state index in [1.807, 2.05) is 13.0 Å². The molecular formula is C10H12ClN5. The lowest BCUT2D eigenvalue weighted by Crippen LogP contribution is -2.09. The first-order valence-electron chi connectivity index (χ1n) is 4.83. The van der Waals surface area contributed by atoms with Crippen LogP contribution in [0, 0.1) is 0 Å². The summed E-state index contributed by atoms with van der Waals surface area (Å²) in [6, 6.07) is 5.33. The van der Waals surface area contributed by atoms with Crippen LogP contribution in [0.15, 0.2) is 24.5 Å². The van der Waals surface area contributed by atoms with Crippen molar-refractivity contribution in [3.05, 3.63) is 35.4 Å². The summed E-state index contributed by atoms with van der Waals surface area (Å²) in [5, 5.41) is 10.4. The van der Waals surface area contributed by atoms with E-state index in [4.69, 9.17) is 17.3 Å². The molecule has 2 rings (SSSR count). The van der Waals surface area contributed by atoms with Gasteiger partial charge < -0.3 is 11.1 Å². The van der Waals surface area contributed by atoms with Crippen molar-refractivity contribution in [3.8, 4) is 0 Å². The molecule has 1 aromatic heterocycles. The summed E-state index contributed by atoms with van der Waals surface area (Å²) < 4.78 is 0. The highest BCUT2D eigenvalue weighted by atomic mass is 35.5. The fraction of sp³-hybridized carbons (Fsp3) is 0.200. The molecule has 0 saturated heterocycles. The predicted molar refractivity (Wildman–Crippen MR) is 64.3 cm³/mol. The number of nitrogens with two attached hydrogens (primary N) is 1. The fourth-order valence-electron chi connectivity index (χ4n) is 1.39. The maximum absolute atomic E-state index is 5.83. The Morgan fingerprint density at radius 2 is 2.31 bits per heavy atom. The predicted octanol–water partition coefficient (Wildman–Crippen LogP) is 2.21. The number of aromatic nitrogens is 3. The van der Waals surface area contributed by atoms with E-state index in [0.717, 1.165) is 11.5 Å². The van der Waals surface area contributed by atoms with Gasteiger partial charge in [0, 0.05) is 5.02 Å². The molecule has 5 nitrogen and oxygen atoms in total. The van der Waals surface area contributed by atoms with Crippen LogP contribution < -0.4 is 11.1 Å². The standard InChI is InChI=1S/C10H12ClN5/c1-6(10-13-5-14-16-10)15-9-3-2-7(11)4-8(9)12/h2-6,15H,12H2,1H3,(H,13,14,16). The normalized spacial score (nSPS) is 12.4. The monoisotopic (exact) mass is 237 g/mol. The minimum absolute atomic E-state index is 0.00553. The molecule has 1 unspecified atom stereocenters. The Labute approximate surface area is 98.0 Å². The summed E-state index contributed by atoms with van der Waals surface area (Å²) in [5.41, 5.74) is 7.27. The number of nitrogens with one attached hydrogen (secondary N) is 2. The summed E-state index contributed by atoms with van der Waals surface area (Å²) >= 11 is 5.82. The average Bonchev–Trinajstić information content (AvgIpc) is 2.75. The molecule has 4 N–H and O–H groups in total. The molecule has 0 aliphatic rings. The first kappa shape index (κ1) is 10.8. The molecule has 0 spiro atoms. The summed E-state index contributed by atoms with van der Waals surface area (Å²) in [7, 11) is 0. The molecule has 1 heterocycles. The summed E-state index contributed by atoms with van der Waals surface area (Å²) in [6.07, 6.45) is 1.47. The van der Waals surface area contributed by atoms with Gasteiger partial charge in [-0.25, -0.2) is 4.98 Å². The highest BCUT2D eigenvalue weighted by molar-refractivity contribution is 6.31. The third-order valence-electron chi connectivity index (χ3n) is 2.23. The molecule has 0 saturated carbocycles. The van der Waals surface area contributed by atoms with Crippen LogP contribution in [0.3, 0.4) is 0 Å². The Hall–Kier alpha value is -1.75. The van der Waals surface area contributed by atoms with E-state index in [-0.39, 0.29) is 6.04 Å². The molecule has 0 fully saturated rings. The van der Waals surface area contributed by atoms with Gasteiger partial charge in [0.1, 0.15) is 12.2 Å². The maximum Gasteiger partial charge on any atom is 0.146 e. The summed E-state index contributed by atoms with van der Waals surface area (Å²) in [6.45, 7) is 1.97. The molecule has 16 heavy (non-hydrogen) atoms. The van der Waals surface area contributed by atoms with Crippen LogP contribution >= 0.6 is 11.6 Å².